The van der Waals surface area contributed by atoms with Crippen LogP contribution in [-0.4, -0.2) is 15.9 Å². The summed E-state index contributed by atoms with van der Waals surface area (Å²) >= 11 is 17.7. The van der Waals surface area contributed by atoms with E-state index in [9.17, 15) is 4.79 Å². The van der Waals surface area contributed by atoms with Gasteiger partial charge in [0.15, 0.2) is 0 Å². The minimum atomic E-state index is -0.206. The van der Waals surface area contributed by atoms with Gasteiger partial charge < -0.3 is 4.74 Å². The third-order valence-electron chi connectivity index (χ3n) is 5.01. The largest absolute Gasteiger partial charge is 0.488 e. The summed E-state index contributed by atoms with van der Waals surface area (Å²) in [6, 6.07) is 16.6. The summed E-state index contributed by atoms with van der Waals surface area (Å²) < 4.78 is 9.05. The number of aromatic nitrogens is 2. The molecule has 174 valence electrons. The van der Waals surface area contributed by atoms with Gasteiger partial charge in [0.05, 0.1) is 30.7 Å². The van der Waals surface area contributed by atoms with Crippen LogP contribution in [0.15, 0.2) is 69.0 Å². The van der Waals surface area contributed by atoms with Crippen molar-refractivity contribution in [3.8, 4) is 5.75 Å². The molecule has 5 nitrogen and oxygen atoms in total. The van der Waals surface area contributed by atoms with Crippen LogP contribution in [0.4, 0.5) is 0 Å². The highest BCUT2D eigenvalue weighted by atomic mass is 127. The zero-order valence-corrected chi connectivity index (χ0v) is 23.5. The van der Waals surface area contributed by atoms with Crippen molar-refractivity contribution in [2.45, 2.75) is 26.4 Å². The Labute approximate surface area is 229 Å². The van der Waals surface area contributed by atoms with Crippen molar-refractivity contribution in [2.24, 2.45) is 5.10 Å². The molecule has 4 rings (SSSR count). The number of fused-ring (bicyclic) bond motifs is 1. The molecule has 0 aliphatic rings. The minimum absolute atomic E-state index is 0.0233. The number of halogens is 4. The zero-order chi connectivity index (χ0) is 24.4. The average Bonchev–Trinajstić information content (AvgIpc) is 2.80. The molecule has 0 atom stereocenters. The van der Waals surface area contributed by atoms with Crippen LogP contribution in [0.25, 0.3) is 10.9 Å². The lowest BCUT2D eigenvalue weighted by atomic mass is 10.2. The molecule has 9 heteroatoms. The van der Waals surface area contributed by atoms with E-state index < -0.39 is 0 Å². The van der Waals surface area contributed by atoms with E-state index in [1.54, 1.807) is 24.4 Å². The standard InChI is InChI=1S/C25H19BrCl2IN3O2/c1-14(2)24-31-22-7-5-17(26)11-18(22)25(33)32(24)30-12-15-4-8-23(21(29)10-15)34-13-16-3-6-19(27)20(28)9-16/h3-12,14H,13H2,1-2H3. The zero-order valence-electron chi connectivity index (χ0n) is 18.2. The number of rotatable bonds is 6. The first-order valence-corrected chi connectivity index (χ1v) is 13.0. The predicted octanol–water partition coefficient (Wildman–Crippen LogP) is 7.66. The molecule has 0 fully saturated rings. The first kappa shape index (κ1) is 25.2. The van der Waals surface area contributed by atoms with E-state index >= 15 is 0 Å². The Bertz CT molecular complexity index is 1470. The third kappa shape index (κ3) is 5.64. The van der Waals surface area contributed by atoms with Gasteiger partial charge in [-0.05, 0) is 82.2 Å². The van der Waals surface area contributed by atoms with E-state index in [1.807, 2.05) is 50.2 Å². The number of hydrogen-bond donors (Lipinski definition) is 0. The fourth-order valence-electron chi connectivity index (χ4n) is 3.28. The average molecular weight is 671 g/mol. The lowest BCUT2D eigenvalue weighted by Gasteiger charge is -2.12. The molecule has 0 unspecified atom stereocenters. The van der Waals surface area contributed by atoms with Crippen LogP contribution >= 0.6 is 61.7 Å². The first-order valence-electron chi connectivity index (χ1n) is 10.4. The van der Waals surface area contributed by atoms with Gasteiger partial charge in [-0.2, -0.15) is 9.78 Å². The van der Waals surface area contributed by atoms with E-state index in [0.29, 0.717) is 33.4 Å². The van der Waals surface area contributed by atoms with E-state index in [4.69, 9.17) is 27.9 Å². The van der Waals surface area contributed by atoms with Gasteiger partial charge in [0.1, 0.15) is 18.2 Å². The second-order valence-electron chi connectivity index (χ2n) is 7.87. The second kappa shape index (κ2) is 10.8. The normalized spacial score (nSPS) is 11.6. The number of benzene rings is 3. The molecule has 0 spiro atoms. The molecule has 3 aromatic carbocycles. The van der Waals surface area contributed by atoms with E-state index in [2.05, 4.69) is 48.6 Å². The molecule has 0 bridgehead atoms. The van der Waals surface area contributed by atoms with E-state index in [0.717, 1.165) is 24.9 Å². The molecular formula is C25H19BrCl2IN3O2. The van der Waals surface area contributed by atoms with Crippen molar-refractivity contribution < 1.29 is 4.74 Å². The molecule has 0 N–H and O–H groups in total. The lowest BCUT2D eigenvalue weighted by Crippen LogP contribution is -2.23. The third-order valence-corrected chi connectivity index (χ3v) is 7.08. The van der Waals surface area contributed by atoms with Gasteiger partial charge in [-0.15, -0.1) is 0 Å². The van der Waals surface area contributed by atoms with Crippen LogP contribution in [-0.2, 0) is 6.61 Å². The summed E-state index contributed by atoms with van der Waals surface area (Å²) in [5.74, 6) is 1.36. The summed E-state index contributed by atoms with van der Waals surface area (Å²) in [6.07, 6.45) is 1.66. The van der Waals surface area contributed by atoms with Crippen molar-refractivity contribution in [3.63, 3.8) is 0 Å². The lowest BCUT2D eigenvalue weighted by molar-refractivity contribution is 0.304. The Morgan fingerprint density at radius 2 is 1.91 bits per heavy atom. The van der Waals surface area contributed by atoms with E-state index in [1.165, 1.54) is 4.68 Å². The van der Waals surface area contributed by atoms with Crippen molar-refractivity contribution in [3.05, 3.63) is 100.0 Å². The van der Waals surface area contributed by atoms with Gasteiger partial charge in [-0.25, -0.2) is 4.98 Å². The fraction of sp³-hybridized carbons (Fsp3) is 0.160. The van der Waals surface area contributed by atoms with Crippen molar-refractivity contribution >= 4 is 78.8 Å². The van der Waals surface area contributed by atoms with Gasteiger partial charge in [0.2, 0.25) is 0 Å². The first-order chi connectivity index (χ1) is 16.2. The summed E-state index contributed by atoms with van der Waals surface area (Å²) in [5, 5.41) is 6.01. The summed E-state index contributed by atoms with van der Waals surface area (Å²) in [4.78, 5) is 17.8. The van der Waals surface area contributed by atoms with Crippen LogP contribution in [0, 0.1) is 3.57 Å². The van der Waals surface area contributed by atoms with Crippen molar-refractivity contribution in [2.75, 3.05) is 0 Å². The molecule has 1 aromatic heterocycles. The second-order valence-corrected chi connectivity index (χ2v) is 10.8. The maximum atomic E-state index is 13.2. The highest BCUT2D eigenvalue weighted by Gasteiger charge is 2.14. The van der Waals surface area contributed by atoms with Gasteiger partial charge in [-0.3, -0.25) is 4.79 Å². The van der Waals surface area contributed by atoms with Crippen molar-refractivity contribution in [1.82, 2.24) is 9.66 Å². The molecule has 0 amide bonds. The Kier molecular flexibility index (Phi) is 7.97. The minimum Gasteiger partial charge on any atom is -0.488 e. The molecule has 0 saturated heterocycles. The van der Waals surface area contributed by atoms with Crippen LogP contribution in [0.1, 0.15) is 36.7 Å². The molecule has 0 aliphatic carbocycles. The fourth-order valence-corrected chi connectivity index (χ4v) is 4.66. The Balaban J connectivity index is 1.59. The number of nitrogens with zero attached hydrogens (tertiary/aromatic N) is 3. The molecule has 1 heterocycles. The number of hydrogen-bond acceptors (Lipinski definition) is 4. The van der Waals surface area contributed by atoms with Crippen LogP contribution in [0.3, 0.4) is 0 Å². The van der Waals surface area contributed by atoms with E-state index in [-0.39, 0.29) is 11.5 Å². The van der Waals surface area contributed by atoms with Gasteiger partial charge in [0.25, 0.3) is 5.56 Å². The number of ether oxygens (including phenoxy) is 1. The quantitative estimate of drug-likeness (QED) is 0.156. The van der Waals surface area contributed by atoms with Gasteiger partial charge in [0, 0.05) is 10.4 Å². The highest BCUT2D eigenvalue weighted by Crippen LogP contribution is 2.26. The monoisotopic (exact) mass is 669 g/mol. The molecule has 34 heavy (non-hydrogen) atoms. The molecule has 4 aromatic rings. The molecule has 0 saturated carbocycles. The summed E-state index contributed by atoms with van der Waals surface area (Å²) in [6.45, 7) is 4.34. The maximum absolute atomic E-state index is 13.2. The smallest absolute Gasteiger partial charge is 0.282 e. The molecular weight excluding hydrogens is 652 g/mol. The summed E-state index contributed by atoms with van der Waals surface area (Å²) in [5.41, 5.74) is 2.21. The Morgan fingerprint density at radius 3 is 2.62 bits per heavy atom. The Morgan fingerprint density at radius 1 is 1.12 bits per heavy atom. The molecule has 0 aliphatic heterocycles. The van der Waals surface area contributed by atoms with Gasteiger partial charge >= 0.3 is 0 Å². The Hall–Kier alpha value is -1.94. The predicted molar refractivity (Wildman–Crippen MR) is 151 cm³/mol. The SMILES string of the molecule is CC(C)c1nc2ccc(Br)cc2c(=O)n1N=Cc1ccc(OCc2ccc(Cl)c(Cl)c2)c(I)c1. The van der Waals surface area contributed by atoms with Crippen LogP contribution in [0.2, 0.25) is 10.0 Å². The summed E-state index contributed by atoms with van der Waals surface area (Å²) in [7, 11) is 0. The van der Waals surface area contributed by atoms with Crippen LogP contribution in [0.5, 0.6) is 5.75 Å². The van der Waals surface area contributed by atoms with Gasteiger partial charge in [-0.1, -0.05) is 59.0 Å². The van der Waals surface area contributed by atoms with Crippen LogP contribution < -0.4 is 10.3 Å². The van der Waals surface area contributed by atoms with Crippen molar-refractivity contribution in [1.29, 1.82) is 0 Å². The maximum Gasteiger partial charge on any atom is 0.282 e. The topological polar surface area (TPSA) is 56.5 Å². The highest BCUT2D eigenvalue weighted by molar-refractivity contribution is 14.1. The molecule has 0 radical (unpaired) electrons.